The lowest BCUT2D eigenvalue weighted by Gasteiger charge is -2.39. The molecule has 0 aromatic carbocycles. The molecule has 6 rings (SSSR count). The quantitative estimate of drug-likeness (QED) is 0.189. The minimum absolute atomic E-state index is 0.00179. The van der Waals surface area contributed by atoms with Crippen molar-refractivity contribution in [2.24, 2.45) is 35.5 Å². The minimum atomic E-state index is -4.75. The summed E-state index contributed by atoms with van der Waals surface area (Å²) < 4.78 is 56.7. The highest BCUT2D eigenvalue weighted by Crippen LogP contribution is 2.43. The number of fused-ring (bicyclic) bond motifs is 1. The van der Waals surface area contributed by atoms with E-state index in [0.717, 1.165) is 46.8 Å². The van der Waals surface area contributed by atoms with Crippen LogP contribution in [0.4, 0.5) is 17.6 Å². The van der Waals surface area contributed by atoms with Gasteiger partial charge in [0.15, 0.2) is 0 Å². The van der Waals surface area contributed by atoms with Crippen molar-refractivity contribution < 1.29 is 75.1 Å². The number of rotatable bonds is 12. The zero-order valence-electron chi connectivity index (χ0n) is 59.6. The van der Waals surface area contributed by atoms with E-state index >= 15 is 18.8 Å². The number of nitrogens with one attached hydrogen (secondary N) is 4. The molecule has 4 N–H and O–H groups in total. The highest BCUT2D eigenvalue weighted by Gasteiger charge is 2.51. The standard InChI is InChI=1S/C69H112F4N12O12/c1-13-44(6)59-66(96)80(9)40-57(88)78(7)41-58(89)82(11)54(37-45-22-15-14-16-23-45)65(95)79(8)39-55(86)74-49(28-26-46-25-27-47(48(70)36-46)69(71,72)73)64(94)85-33-21-24-51(85)62(92)77-68(29-17-18-30-68)67(97)83(12)53(35-43(4)5)60(90)75-50(63(93)84-31-19-20-32-84)38-56(87)81(10)52(34-42(2)3)61(91)76-59/h42-54,59H,13-41H2,1-12H3,(H,74,86)(H,75,90)(H,76,91)(H,77,92)/t44-,46?,47?,48?,49-,50-,51-,52-,53-,54-,59-/m0/s1. The summed E-state index contributed by atoms with van der Waals surface area (Å²) in [6, 6.07) is -8.84. The molecule has 3 aliphatic heterocycles. The Bertz CT molecular complexity index is 2790. The highest BCUT2D eigenvalue weighted by molar-refractivity contribution is 6.00. The predicted molar refractivity (Wildman–Crippen MR) is 353 cm³/mol. The molecule has 3 unspecified atom stereocenters. The molecule has 0 aromatic heterocycles. The van der Waals surface area contributed by atoms with E-state index in [9.17, 15) is 56.3 Å². The first-order chi connectivity index (χ1) is 45.6. The summed E-state index contributed by atoms with van der Waals surface area (Å²) in [7, 11) is 8.40. The molecule has 548 valence electrons. The number of likely N-dealkylation sites (tertiary alicyclic amines) is 1. The van der Waals surface area contributed by atoms with Gasteiger partial charge in [0.25, 0.3) is 0 Å². The van der Waals surface area contributed by atoms with Gasteiger partial charge >= 0.3 is 6.18 Å². The van der Waals surface area contributed by atoms with Crippen LogP contribution in [0.1, 0.15) is 189 Å². The summed E-state index contributed by atoms with van der Waals surface area (Å²) in [5.74, 6) is -11.7. The summed E-state index contributed by atoms with van der Waals surface area (Å²) >= 11 is 0. The summed E-state index contributed by atoms with van der Waals surface area (Å²) in [5, 5.41) is 11.5. The van der Waals surface area contributed by atoms with Crippen LogP contribution in [0.15, 0.2) is 0 Å². The second-order valence-electron chi connectivity index (χ2n) is 29.8. The van der Waals surface area contributed by atoms with Crippen LogP contribution >= 0.6 is 0 Å². The van der Waals surface area contributed by atoms with Crippen molar-refractivity contribution in [1.82, 2.24) is 60.5 Å². The van der Waals surface area contributed by atoms with Crippen LogP contribution in [0.5, 0.6) is 0 Å². The smallest absolute Gasteiger partial charge is 0.343 e. The Morgan fingerprint density at radius 2 is 1.14 bits per heavy atom. The van der Waals surface area contributed by atoms with Gasteiger partial charge in [-0.05, 0) is 119 Å². The number of hydrogen-bond donors (Lipinski definition) is 4. The van der Waals surface area contributed by atoms with Crippen LogP contribution in [-0.4, -0.2) is 252 Å². The fourth-order valence-electron chi connectivity index (χ4n) is 15.2. The fourth-order valence-corrected chi connectivity index (χ4v) is 15.2. The van der Waals surface area contributed by atoms with Crippen LogP contribution in [0.25, 0.3) is 0 Å². The van der Waals surface area contributed by atoms with Gasteiger partial charge < -0.3 is 60.5 Å². The lowest BCUT2D eigenvalue weighted by molar-refractivity contribution is -0.201. The second kappa shape index (κ2) is 35.4. The van der Waals surface area contributed by atoms with Gasteiger partial charge in [-0.15, -0.1) is 0 Å². The molecule has 97 heavy (non-hydrogen) atoms. The van der Waals surface area contributed by atoms with Crippen LogP contribution in [0, 0.1) is 35.5 Å². The maximum atomic E-state index is 15.3. The first kappa shape index (κ1) is 79.3. The maximum Gasteiger partial charge on any atom is 0.394 e. The normalized spacial score (nSPS) is 29.4. The number of hydrogen-bond acceptors (Lipinski definition) is 12. The molecule has 3 saturated heterocycles. The molecule has 0 bridgehead atoms. The van der Waals surface area contributed by atoms with Crippen LogP contribution in [-0.2, 0) is 57.5 Å². The molecule has 6 aliphatic rings. The van der Waals surface area contributed by atoms with Gasteiger partial charge in [0.05, 0.1) is 32.0 Å². The SMILES string of the molecule is CC[C@H](C)[C@@H]1NC(=O)[C@H](CC(C)C)N(C)C(=O)C[C@@H](C(=O)N2CCCC2)NC(=O)[C@H](CC(C)C)N(C)C(=O)C2(CCCC2)NC(=O)[C@@H]2CCCN2C(=O)[C@H](CCC2CCC(C(F)(F)F)C(F)C2)NC(=O)CN(C)C(=O)[C@H](CC2CCCCC2)N(C)C(=O)CN(C)C(=O)CN(C)C1=O. The molecular weight excluding hydrogens is 1260 g/mol. The number of nitrogens with zero attached hydrogens (tertiary/aromatic N) is 8. The highest BCUT2D eigenvalue weighted by atomic mass is 19.4. The minimum Gasteiger partial charge on any atom is -0.343 e. The Balaban J connectivity index is 1.39. The van der Waals surface area contributed by atoms with Gasteiger partial charge in [-0.1, -0.05) is 92.9 Å². The van der Waals surface area contributed by atoms with Crippen molar-refractivity contribution in [3.05, 3.63) is 0 Å². The van der Waals surface area contributed by atoms with Crippen LogP contribution in [0.2, 0.25) is 0 Å². The van der Waals surface area contributed by atoms with Gasteiger partial charge in [0.1, 0.15) is 54.0 Å². The van der Waals surface area contributed by atoms with Gasteiger partial charge in [0.2, 0.25) is 70.9 Å². The largest absolute Gasteiger partial charge is 0.394 e. The molecule has 0 radical (unpaired) electrons. The van der Waals surface area contributed by atoms with Crippen LogP contribution < -0.4 is 21.3 Å². The first-order valence-corrected chi connectivity index (χ1v) is 35.6. The third-order valence-corrected chi connectivity index (χ3v) is 21.4. The fraction of sp³-hybridized carbons (Fsp3) is 0.826. The topological polar surface area (TPSA) is 279 Å². The lowest BCUT2D eigenvalue weighted by atomic mass is 9.78. The van der Waals surface area contributed by atoms with Gasteiger partial charge in [-0.3, -0.25) is 57.5 Å². The predicted octanol–water partition coefficient (Wildman–Crippen LogP) is 4.95. The van der Waals surface area contributed by atoms with Crippen molar-refractivity contribution in [3.8, 4) is 0 Å². The van der Waals surface area contributed by atoms with E-state index in [4.69, 9.17) is 0 Å². The molecule has 0 aromatic rings. The van der Waals surface area contributed by atoms with Gasteiger partial charge in [-0.25, -0.2) is 4.39 Å². The van der Waals surface area contributed by atoms with E-state index in [2.05, 4.69) is 21.3 Å². The Morgan fingerprint density at radius 1 is 0.567 bits per heavy atom. The molecule has 24 nitrogen and oxygen atoms in total. The molecule has 6 fully saturated rings. The molecular formula is C69H112F4N12O12. The van der Waals surface area contributed by atoms with Crippen LogP contribution in [0.3, 0.4) is 0 Å². The third-order valence-electron chi connectivity index (χ3n) is 21.4. The van der Waals surface area contributed by atoms with Crippen molar-refractivity contribution in [1.29, 1.82) is 0 Å². The number of carbonyl (C=O) groups is 12. The third kappa shape index (κ3) is 21.0. The molecule has 1 spiro atoms. The summed E-state index contributed by atoms with van der Waals surface area (Å²) in [6.45, 7) is 10.0. The Morgan fingerprint density at radius 3 is 1.73 bits per heavy atom. The number of alkyl halides is 4. The number of halogens is 4. The van der Waals surface area contributed by atoms with E-state index in [1.165, 1.54) is 61.9 Å². The zero-order valence-corrected chi connectivity index (χ0v) is 59.6. The average Bonchev–Trinajstić information content (AvgIpc) is 1.73. The number of carbonyl (C=O) groups excluding carboxylic acids is 12. The lowest BCUT2D eigenvalue weighted by Crippen LogP contribution is -2.64. The Hall–Kier alpha value is -6.64. The number of likely N-dealkylation sites (N-methyl/N-ethyl adjacent to an activating group) is 6. The summed E-state index contributed by atoms with van der Waals surface area (Å²) in [6.07, 6.45) is -0.333. The molecule has 3 aliphatic carbocycles. The van der Waals surface area contributed by atoms with E-state index in [1.807, 2.05) is 34.6 Å². The first-order valence-electron chi connectivity index (χ1n) is 35.6. The maximum absolute atomic E-state index is 15.3. The summed E-state index contributed by atoms with van der Waals surface area (Å²) in [4.78, 5) is 187. The molecule has 3 heterocycles. The van der Waals surface area contributed by atoms with Crippen molar-refractivity contribution >= 4 is 70.9 Å². The van der Waals surface area contributed by atoms with E-state index in [0.29, 0.717) is 51.6 Å². The van der Waals surface area contributed by atoms with E-state index < -0.39 is 188 Å². The Labute approximate surface area is 570 Å². The van der Waals surface area contributed by atoms with E-state index in [1.54, 1.807) is 11.8 Å². The second-order valence-corrected chi connectivity index (χ2v) is 29.8. The molecule has 11 atom stereocenters. The number of amides is 12. The summed E-state index contributed by atoms with van der Waals surface area (Å²) in [5.41, 5.74) is -1.58. The van der Waals surface area contributed by atoms with Crippen molar-refractivity contribution in [2.75, 3.05) is 81.6 Å². The zero-order chi connectivity index (χ0) is 72.0. The van der Waals surface area contributed by atoms with Crippen molar-refractivity contribution in [3.63, 3.8) is 0 Å². The van der Waals surface area contributed by atoms with E-state index in [-0.39, 0.29) is 82.1 Å². The molecule has 28 heteroatoms. The monoisotopic (exact) mass is 1380 g/mol. The Kier molecular flexibility index (Phi) is 29.0. The molecule has 3 saturated carbocycles. The molecule has 12 amide bonds. The van der Waals surface area contributed by atoms with Gasteiger partial charge in [-0.2, -0.15) is 13.2 Å². The average molecular weight is 1380 g/mol. The van der Waals surface area contributed by atoms with Crippen molar-refractivity contribution in [2.45, 2.75) is 249 Å². The van der Waals surface area contributed by atoms with Gasteiger partial charge in [0, 0.05) is 61.9 Å².